The Morgan fingerprint density at radius 2 is 1.93 bits per heavy atom. The highest BCUT2D eigenvalue weighted by Gasteiger charge is 2.04. The fourth-order valence-electron chi connectivity index (χ4n) is 1.57. The standard InChI is InChI=1S/C12H21N3/c1-4-7-11-8-12(14-9-13-11)15-10(5-2)6-3/h8-10H,4-7H2,1-3H3,(H,13,14,15). The van der Waals surface area contributed by atoms with Gasteiger partial charge >= 0.3 is 0 Å². The third-order valence-electron chi connectivity index (χ3n) is 2.57. The Morgan fingerprint density at radius 1 is 1.20 bits per heavy atom. The number of aromatic nitrogens is 2. The molecular weight excluding hydrogens is 186 g/mol. The smallest absolute Gasteiger partial charge is 0.129 e. The molecule has 0 fully saturated rings. The third-order valence-corrected chi connectivity index (χ3v) is 2.57. The molecule has 1 aromatic heterocycles. The number of nitrogens with zero attached hydrogens (tertiary/aromatic N) is 2. The fraction of sp³-hybridized carbons (Fsp3) is 0.667. The number of aryl methyl sites for hydroxylation is 1. The quantitative estimate of drug-likeness (QED) is 0.779. The van der Waals surface area contributed by atoms with Crippen LogP contribution in [0.3, 0.4) is 0 Å². The minimum atomic E-state index is 0.523. The van der Waals surface area contributed by atoms with Gasteiger partial charge in [-0.3, -0.25) is 0 Å². The molecule has 15 heavy (non-hydrogen) atoms. The van der Waals surface area contributed by atoms with Crippen molar-refractivity contribution in [3.8, 4) is 0 Å². The van der Waals surface area contributed by atoms with Crippen molar-refractivity contribution in [1.29, 1.82) is 0 Å². The SMILES string of the molecule is CCCc1cc(NC(CC)CC)ncn1. The van der Waals surface area contributed by atoms with E-state index in [-0.39, 0.29) is 0 Å². The second-order valence-corrected chi connectivity index (χ2v) is 3.80. The number of hydrogen-bond acceptors (Lipinski definition) is 3. The van der Waals surface area contributed by atoms with Crippen LogP contribution in [-0.4, -0.2) is 16.0 Å². The van der Waals surface area contributed by atoms with Crippen molar-refractivity contribution in [3.63, 3.8) is 0 Å². The predicted octanol–water partition coefficient (Wildman–Crippen LogP) is 3.03. The molecule has 0 unspecified atom stereocenters. The van der Waals surface area contributed by atoms with Crippen LogP contribution < -0.4 is 5.32 Å². The van der Waals surface area contributed by atoms with Crippen LogP contribution in [0.4, 0.5) is 5.82 Å². The largest absolute Gasteiger partial charge is 0.367 e. The van der Waals surface area contributed by atoms with Crippen LogP contribution in [0.25, 0.3) is 0 Å². The van der Waals surface area contributed by atoms with Gasteiger partial charge in [-0.15, -0.1) is 0 Å². The molecule has 0 radical (unpaired) electrons. The van der Waals surface area contributed by atoms with E-state index in [1.807, 2.05) is 0 Å². The second kappa shape index (κ2) is 6.38. The minimum Gasteiger partial charge on any atom is -0.367 e. The number of hydrogen-bond donors (Lipinski definition) is 1. The zero-order valence-electron chi connectivity index (χ0n) is 9.95. The van der Waals surface area contributed by atoms with E-state index in [4.69, 9.17) is 0 Å². The van der Waals surface area contributed by atoms with Gasteiger partial charge in [0.2, 0.25) is 0 Å². The summed E-state index contributed by atoms with van der Waals surface area (Å²) in [6, 6.07) is 2.58. The summed E-state index contributed by atoms with van der Waals surface area (Å²) in [5.41, 5.74) is 1.13. The Bertz CT molecular complexity index is 282. The summed E-state index contributed by atoms with van der Waals surface area (Å²) in [4.78, 5) is 8.47. The zero-order valence-corrected chi connectivity index (χ0v) is 9.95. The first-order valence-electron chi connectivity index (χ1n) is 5.87. The summed E-state index contributed by atoms with van der Waals surface area (Å²) < 4.78 is 0. The van der Waals surface area contributed by atoms with E-state index in [0.29, 0.717) is 6.04 Å². The summed E-state index contributed by atoms with van der Waals surface area (Å²) in [7, 11) is 0. The van der Waals surface area contributed by atoms with Crippen molar-refractivity contribution < 1.29 is 0 Å². The molecular formula is C12H21N3. The van der Waals surface area contributed by atoms with Gasteiger partial charge in [0.1, 0.15) is 12.1 Å². The van der Waals surface area contributed by atoms with Gasteiger partial charge in [0, 0.05) is 17.8 Å². The van der Waals surface area contributed by atoms with Crippen molar-refractivity contribution in [2.45, 2.75) is 52.5 Å². The summed E-state index contributed by atoms with van der Waals surface area (Å²) >= 11 is 0. The van der Waals surface area contributed by atoms with Crippen LogP contribution in [0.15, 0.2) is 12.4 Å². The molecule has 0 saturated heterocycles. The number of anilines is 1. The average Bonchev–Trinajstić information content (AvgIpc) is 2.27. The molecule has 3 heteroatoms. The van der Waals surface area contributed by atoms with Gasteiger partial charge in [0.25, 0.3) is 0 Å². The van der Waals surface area contributed by atoms with Crippen LogP contribution >= 0.6 is 0 Å². The number of rotatable bonds is 6. The average molecular weight is 207 g/mol. The van der Waals surface area contributed by atoms with E-state index in [9.17, 15) is 0 Å². The molecule has 1 rings (SSSR count). The van der Waals surface area contributed by atoms with Crippen LogP contribution in [0.1, 0.15) is 45.7 Å². The molecule has 0 saturated carbocycles. The fourth-order valence-corrected chi connectivity index (χ4v) is 1.57. The lowest BCUT2D eigenvalue weighted by Crippen LogP contribution is -2.18. The molecule has 0 aliphatic heterocycles. The normalized spacial score (nSPS) is 10.7. The molecule has 0 aliphatic carbocycles. The molecule has 1 aromatic rings. The number of nitrogens with one attached hydrogen (secondary N) is 1. The van der Waals surface area contributed by atoms with Gasteiger partial charge in [-0.25, -0.2) is 9.97 Å². The first-order valence-corrected chi connectivity index (χ1v) is 5.87. The topological polar surface area (TPSA) is 37.8 Å². The van der Waals surface area contributed by atoms with Crippen molar-refractivity contribution in [2.24, 2.45) is 0 Å². The van der Waals surface area contributed by atoms with Crippen LogP contribution in [0.5, 0.6) is 0 Å². The highest BCUT2D eigenvalue weighted by molar-refractivity contribution is 5.35. The van der Waals surface area contributed by atoms with Gasteiger partial charge in [-0.1, -0.05) is 27.2 Å². The lowest BCUT2D eigenvalue weighted by molar-refractivity contribution is 0.667. The zero-order chi connectivity index (χ0) is 11.1. The molecule has 1 heterocycles. The molecule has 0 bridgehead atoms. The van der Waals surface area contributed by atoms with E-state index in [1.165, 1.54) is 0 Å². The van der Waals surface area contributed by atoms with E-state index in [1.54, 1.807) is 6.33 Å². The van der Waals surface area contributed by atoms with Crippen molar-refractivity contribution in [3.05, 3.63) is 18.1 Å². The molecule has 3 nitrogen and oxygen atoms in total. The summed E-state index contributed by atoms with van der Waals surface area (Å²) in [6.07, 6.45) is 6.06. The maximum absolute atomic E-state index is 4.24. The van der Waals surface area contributed by atoms with E-state index in [0.717, 1.165) is 37.2 Å². The molecule has 0 atom stereocenters. The third kappa shape index (κ3) is 3.86. The van der Waals surface area contributed by atoms with Crippen molar-refractivity contribution in [1.82, 2.24) is 9.97 Å². The molecule has 0 aromatic carbocycles. The van der Waals surface area contributed by atoms with Crippen LogP contribution in [0, 0.1) is 0 Å². The minimum absolute atomic E-state index is 0.523. The summed E-state index contributed by atoms with van der Waals surface area (Å²) in [6.45, 7) is 6.54. The first-order chi connectivity index (χ1) is 7.30. The van der Waals surface area contributed by atoms with E-state index in [2.05, 4.69) is 42.1 Å². The highest BCUT2D eigenvalue weighted by Crippen LogP contribution is 2.10. The molecule has 0 aliphatic rings. The Hall–Kier alpha value is -1.12. The predicted molar refractivity (Wildman–Crippen MR) is 64.0 cm³/mol. The molecule has 0 amide bonds. The van der Waals surface area contributed by atoms with Crippen molar-refractivity contribution >= 4 is 5.82 Å². The van der Waals surface area contributed by atoms with Gasteiger partial charge in [-0.05, 0) is 19.3 Å². The molecule has 1 N–H and O–H groups in total. The van der Waals surface area contributed by atoms with Gasteiger partial charge in [-0.2, -0.15) is 0 Å². The Balaban J connectivity index is 2.64. The van der Waals surface area contributed by atoms with Gasteiger partial charge in [0.05, 0.1) is 0 Å². The highest BCUT2D eigenvalue weighted by atomic mass is 15.0. The summed E-state index contributed by atoms with van der Waals surface area (Å²) in [5.74, 6) is 0.960. The van der Waals surface area contributed by atoms with Crippen LogP contribution in [0.2, 0.25) is 0 Å². The van der Waals surface area contributed by atoms with Gasteiger partial charge in [0.15, 0.2) is 0 Å². The van der Waals surface area contributed by atoms with Gasteiger partial charge < -0.3 is 5.32 Å². The Morgan fingerprint density at radius 3 is 2.53 bits per heavy atom. The maximum Gasteiger partial charge on any atom is 0.129 e. The van der Waals surface area contributed by atoms with E-state index < -0.39 is 0 Å². The molecule has 84 valence electrons. The van der Waals surface area contributed by atoms with E-state index >= 15 is 0 Å². The maximum atomic E-state index is 4.24. The molecule has 0 spiro atoms. The second-order valence-electron chi connectivity index (χ2n) is 3.80. The first kappa shape index (κ1) is 12.0. The van der Waals surface area contributed by atoms with Crippen LogP contribution in [-0.2, 0) is 6.42 Å². The lowest BCUT2D eigenvalue weighted by atomic mass is 10.1. The summed E-state index contributed by atoms with van der Waals surface area (Å²) in [5, 5.41) is 3.43. The van der Waals surface area contributed by atoms with Crippen molar-refractivity contribution in [2.75, 3.05) is 5.32 Å². The Labute approximate surface area is 92.3 Å². The Kier molecular flexibility index (Phi) is 5.08. The lowest BCUT2D eigenvalue weighted by Gasteiger charge is -2.15. The monoisotopic (exact) mass is 207 g/mol.